The largest absolute Gasteiger partial charge is 0.454 e. The maximum Gasteiger partial charge on any atom is 0.248 e. The SMILES string of the molecule is Clc1ccc(-c2nnc(-c3ccc4c(c3)OCO4)o2)cc1Cl. The minimum atomic E-state index is 0.219. The Kier molecular flexibility index (Phi) is 3.17. The van der Waals surface area contributed by atoms with E-state index in [2.05, 4.69) is 10.2 Å². The van der Waals surface area contributed by atoms with Crippen LogP contribution in [0.2, 0.25) is 10.0 Å². The second kappa shape index (κ2) is 5.19. The monoisotopic (exact) mass is 334 g/mol. The van der Waals surface area contributed by atoms with Gasteiger partial charge in [0.2, 0.25) is 18.6 Å². The zero-order valence-corrected chi connectivity index (χ0v) is 12.6. The van der Waals surface area contributed by atoms with E-state index in [4.69, 9.17) is 37.1 Å². The van der Waals surface area contributed by atoms with Crippen molar-refractivity contribution < 1.29 is 13.9 Å². The van der Waals surface area contributed by atoms with Gasteiger partial charge in [-0.15, -0.1) is 10.2 Å². The van der Waals surface area contributed by atoms with Crippen molar-refractivity contribution in [2.75, 3.05) is 6.79 Å². The molecule has 3 aromatic rings. The normalized spacial score (nSPS) is 12.6. The number of hydrogen-bond acceptors (Lipinski definition) is 5. The molecule has 0 fully saturated rings. The highest BCUT2D eigenvalue weighted by molar-refractivity contribution is 6.42. The first-order valence-corrected chi connectivity index (χ1v) is 7.15. The van der Waals surface area contributed by atoms with Crippen molar-refractivity contribution in [1.82, 2.24) is 10.2 Å². The van der Waals surface area contributed by atoms with Crippen LogP contribution in [-0.4, -0.2) is 17.0 Å². The Morgan fingerprint density at radius 3 is 2.23 bits per heavy atom. The summed E-state index contributed by atoms with van der Waals surface area (Å²) in [6, 6.07) is 10.6. The van der Waals surface area contributed by atoms with Crippen LogP contribution in [0.4, 0.5) is 0 Å². The molecule has 0 aliphatic carbocycles. The molecular formula is C15H8Cl2N2O3. The van der Waals surface area contributed by atoms with Crippen LogP contribution in [0.5, 0.6) is 11.5 Å². The van der Waals surface area contributed by atoms with E-state index < -0.39 is 0 Å². The molecule has 1 aliphatic heterocycles. The fraction of sp³-hybridized carbons (Fsp3) is 0.0667. The summed E-state index contributed by atoms with van der Waals surface area (Å²) in [4.78, 5) is 0. The highest BCUT2D eigenvalue weighted by Gasteiger charge is 2.17. The highest BCUT2D eigenvalue weighted by Crippen LogP contribution is 2.36. The Morgan fingerprint density at radius 2 is 1.45 bits per heavy atom. The van der Waals surface area contributed by atoms with Crippen molar-refractivity contribution in [3.8, 4) is 34.4 Å². The van der Waals surface area contributed by atoms with E-state index in [0.717, 1.165) is 5.56 Å². The topological polar surface area (TPSA) is 57.4 Å². The average Bonchev–Trinajstić information content (AvgIpc) is 3.17. The van der Waals surface area contributed by atoms with Gasteiger partial charge in [-0.1, -0.05) is 23.2 Å². The Hall–Kier alpha value is -2.24. The van der Waals surface area contributed by atoms with Gasteiger partial charge in [0, 0.05) is 11.1 Å². The molecule has 2 aromatic carbocycles. The van der Waals surface area contributed by atoms with E-state index in [0.29, 0.717) is 38.9 Å². The van der Waals surface area contributed by atoms with Gasteiger partial charge in [-0.25, -0.2) is 0 Å². The molecule has 7 heteroatoms. The van der Waals surface area contributed by atoms with Crippen LogP contribution in [0.1, 0.15) is 0 Å². The summed E-state index contributed by atoms with van der Waals surface area (Å²) < 4.78 is 16.3. The van der Waals surface area contributed by atoms with Gasteiger partial charge in [-0.2, -0.15) is 0 Å². The van der Waals surface area contributed by atoms with Gasteiger partial charge in [0.05, 0.1) is 10.0 Å². The lowest BCUT2D eigenvalue weighted by Crippen LogP contribution is -1.92. The van der Waals surface area contributed by atoms with Gasteiger partial charge < -0.3 is 13.9 Å². The number of halogens is 2. The molecule has 22 heavy (non-hydrogen) atoms. The van der Waals surface area contributed by atoms with Gasteiger partial charge in [-0.3, -0.25) is 0 Å². The first-order valence-electron chi connectivity index (χ1n) is 6.40. The van der Waals surface area contributed by atoms with Crippen molar-refractivity contribution in [3.05, 3.63) is 46.4 Å². The lowest BCUT2D eigenvalue weighted by atomic mass is 10.2. The fourth-order valence-corrected chi connectivity index (χ4v) is 2.41. The Balaban J connectivity index is 1.70. The van der Waals surface area contributed by atoms with Crippen LogP contribution in [-0.2, 0) is 0 Å². The van der Waals surface area contributed by atoms with E-state index in [1.54, 1.807) is 30.3 Å². The van der Waals surface area contributed by atoms with Crippen LogP contribution in [0.25, 0.3) is 22.9 Å². The number of hydrogen-bond donors (Lipinski definition) is 0. The number of nitrogens with zero attached hydrogens (tertiary/aromatic N) is 2. The Bertz CT molecular complexity index is 864. The number of ether oxygens (including phenoxy) is 2. The average molecular weight is 335 g/mol. The molecule has 0 saturated carbocycles. The lowest BCUT2D eigenvalue weighted by Gasteiger charge is -1.99. The van der Waals surface area contributed by atoms with Crippen LogP contribution >= 0.6 is 23.2 Å². The zero-order chi connectivity index (χ0) is 15.1. The van der Waals surface area contributed by atoms with E-state index in [1.807, 2.05) is 6.07 Å². The molecule has 2 heterocycles. The van der Waals surface area contributed by atoms with E-state index in [-0.39, 0.29) is 6.79 Å². The summed E-state index contributed by atoms with van der Waals surface area (Å²) >= 11 is 11.9. The van der Waals surface area contributed by atoms with Crippen molar-refractivity contribution in [2.45, 2.75) is 0 Å². The first kappa shape index (κ1) is 13.4. The number of benzene rings is 2. The minimum Gasteiger partial charge on any atom is -0.454 e. The summed E-state index contributed by atoms with van der Waals surface area (Å²) in [6.45, 7) is 0.219. The summed E-state index contributed by atoms with van der Waals surface area (Å²) in [6.07, 6.45) is 0. The molecule has 4 rings (SSSR count). The molecule has 0 N–H and O–H groups in total. The van der Waals surface area contributed by atoms with Crippen molar-refractivity contribution in [3.63, 3.8) is 0 Å². The molecule has 0 atom stereocenters. The Morgan fingerprint density at radius 1 is 0.773 bits per heavy atom. The predicted octanol–water partition coefficient (Wildman–Crippen LogP) is 4.44. The second-order valence-electron chi connectivity index (χ2n) is 4.61. The molecule has 110 valence electrons. The van der Waals surface area contributed by atoms with Crippen LogP contribution in [0.15, 0.2) is 40.8 Å². The summed E-state index contributed by atoms with van der Waals surface area (Å²) in [5, 5.41) is 8.99. The molecule has 1 aromatic heterocycles. The van der Waals surface area contributed by atoms with Crippen LogP contribution in [0, 0.1) is 0 Å². The smallest absolute Gasteiger partial charge is 0.248 e. The molecular weight excluding hydrogens is 327 g/mol. The maximum atomic E-state index is 6.00. The molecule has 1 aliphatic rings. The summed E-state index contributed by atoms with van der Waals surface area (Å²) in [7, 11) is 0. The standard InChI is InChI=1S/C15H8Cl2N2O3/c16-10-3-1-8(5-11(10)17)14-18-19-15(22-14)9-2-4-12-13(6-9)21-7-20-12/h1-6H,7H2. The lowest BCUT2D eigenvalue weighted by molar-refractivity contribution is 0.174. The number of rotatable bonds is 2. The predicted molar refractivity (Wildman–Crippen MR) is 81.3 cm³/mol. The van der Waals surface area contributed by atoms with Gasteiger partial charge in [0.15, 0.2) is 11.5 Å². The second-order valence-corrected chi connectivity index (χ2v) is 5.42. The molecule has 0 amide bonds. The summed E-state index contributed by atoms with van der Waals surface area (Å²) in [5.41, 5.74) is 1.46. The van der Waals surface area contributed by atoms with E-state index in [9.17, 15) is 0 Å². The number of aromatic nitrogens is 2. The van der Waals surface area contributed by atoms with Gasteiger partial charge in [0.1, 0.15) is 0 Å². The third-order valence-electron chi connectivity index (χ3n) is 3.21. The summed E-state index contributed by atoms with van der Waals surface area (Å²) in [5.74, 6) is 2.12. The molecule has 0 saturated heterocycles. The van der Waals surface area contributed by atoms with Crippen molar-refractivity contribution in [2.24, 2.45) is 0 Å². The quantitative estimate of drug-likeness (QED) is 0.693. The van der Waals surface area contributed by atoms with Gasteiger partial charge in [0.25, 0.3) is 0 Å². The fourth-order valence-electron chi connectivity index (χ4n) is 2.12. The molecule has 0 bridgehead atoms. The zero-order valence-electron chi connectivity index (χ0n) is 11.0. The van der Waals surface area contributed by atoms with Gasteiger partial charge >= 0.3 is 0 Å². The first-order chi connectivity index (χ1) is 10.7. The van der Waals surface area contributed by atoms with Crippen molar-refractivity contribution >= 4 is 23.2 Å². The molecule has 0 spiro atoms. The van der Waals surface area contributed by atoms with Crippen LogP contribution in [0.3, 0.4) is 0 Å². The highest BCUT2D eigenvalue weighted by atomic mass is 35.5. The van der Waals surface area contributed by atoms with Crippen LogP contribution < -0.4 is 9.47 Å². The van der Waals surface area contributed by atoms with E-state index in [1.165, 1.54) is 0 Å². The minimum absolute atomic E-state index is 0.219. The number of fused-ring (bicyclic) bond motifs is 1. The third-order valence-corrected chi connectivity index (χ3v) is 3.95. The molecule has 5 nitrogen and oxygen atoms in total. The van der Waals surface area contributed by atoms with E-state index >= 15 is 0 Å². The van der Waals surface area contributed by atoms with Gasteiger partial charge in [-0.05, 0) is 36.4 Å². The molecule has 0 unspecified atom stereocenters. The van der Waals surface area contributed by atoms with Crippen molar-refractivity contribution in [1.29, 1.82) is 0 Å². The maximum absolute atomic E-state index is 6.00. The third kappa shape index (κ3) is 2.28. The Labute approximate surface area is 135 Å². The molecule has 0 radical (unpaired) electrons.